The molecular formula is C26H30FN3O6. The van der Waals surface area contributed by atoms with E-state index >= 15 is 0 Å². The molecule has 0 saturated heterocycles. The summed E-state index contributed by atoms with van der Waals surface area (Å²) in [6, 6.07) is 9.81. The SMILES string of the molecule is CN1CC=C(c2ccc([N+](=O)[O-])cc2F)CC1.O=Nc1ccc(OC(=O)OCC2CCCCC2)cc1. The van der Waals surface area contributed by atoms with Crippen molar-refractivity contribution in [2.45, 2.75) is 38.5 Å². The summed E-state index contributed by atoms with van der Waals surface area (Å²) in [6.07, 6.45) is 7.97. The summed E-state index contributed by atoms with van der Waals surface area (Å²) in [5.41, 5.74) is 1.49. The van der Waals surface area contributed by atoms with Crippen molar-refractivity contribution in [2.75, 3.05) is 26.7 Å². The van der Waals surface area contributed by atoms with Crippen LogP contribution in [0.1, 0.15) is 44.1 Å². The molecule has 0 unspecified atom stereocenters. The van der Waals surface area contributed by atoms with E-state index < -0.39 is 16.9 Å². The van der Waals surface area contributed by atoms with Gasteiger partial charge in [-0.3, -0.25) is 10.1 Å². The number of non-ortho nitro benzene ring substituents is 1. The molecule has 1 saturated carbocycles. The predicted octanol–water partition coefficient (Wildman–Crippen LogP) is 6.63. The summed E-state index contributed by atoms with van der Waals surface area (Å²) in [5, 5.41) is 13.3. The Morgan fingerprint density at radius 1 is 1.17 bits per heavy atom. The maximum Gasteiger partial charge on any atom is 0.513 e. The summed E-state index contributed by atoms with van der Waals surface area (Å²) < 4.78 is 23.8. The molecule has 0 radical (unpaired) electrons. The molecule has 1 aliphatic heterocycles. The fraction of sp³-hybridized carbons (Fsp3) is 0.423. The highest BCUT2D eigenvalue weighted by atomic mass is 19.1. The van der Waals surface area contributed by atoms with Gasteiger partial charge < -0.3 is 14.4 Å². The monoisotopic (exact) mass is 499 g/mol. The second kappa shape index (κ2) is 13.4. The standard InChI is InChI=1S/C14H17NO4.C12H13FN2O2/c16-14(18-10-11-4-2-1-3-5-11)19-13-8-6-12(15-17)7-9-13;1-14-6-4-9(5-7-14)11-3-2-10(15(16)17)8-12(11)13/h6-9,11H,1-5,10H2;2-4,8H,5-7H2,1H3. The molecule has 9 nitrogen and oxygen atoms in total. The molecule has 10 heteroatoms. The van der Waals surface area contributed by atoms with Crippen molar-refractivity contribution in [1.29, 1.82) is 0 Å². The minimum atomic E-state index is -0.697. The van der Waals surface area contributed by atoms with Crippen LogP contribution >= 0.6 is 0 Å². The van der Waals surface area contributed by atoms with E-state index in [0.717, 1.165) is 44.0 Å². The number of nitro groups is 1. The van der Waals surface area contributed by atoms with Crippen LogP contribution in [0, 0.1) is 26.8 Å². The maximum absolute atomic E-state index is 13.7. The molecule has 2 aromatic carbocycles. The van der Waals surface area contributed by atoms with Crippen LogP contribution in [0.25, 0.3) is 5.57 Å². The fourth-order valence-corrected chi connectivity index (χ4v) is 4.13. The number of rotatable bonds is 6. The lowest BCUT2D eigenvalue weighted by Crippen LogP contribution is -2.23. The molecule has 36 heavy (non-hydrogen) atoms. The zero-order valence-electron chi connectivity index (χ0n) is 20.2. The van der Waals surface area contributed by atoms with E-state index in [1.807, 2.05) is 13.1 Å². The molecule has 0 aromatic heterocycles. The number of hydrogen-bond donors (Lipinski definition) is 0. The highest BCUT2D eigenvalue weighted by molar-refractivity contribution is 5.68. The number of benzene rings is 2. The quantitative estimate of drug-likeness (QED) is 0.144. The molecule has 0 bridgehead atoms. The average Bonchev–Trinajstić information content (AvgIpc) is 2.89. The number of hydrogen-bond acceptors (Lipinski definition) is 8. The van der Waals surface area contributed by atoms with Gasteiger partial charge in [-0.25, -0.2) is 9.18 Å². The van der Waals surface area contributed by atoms with Gasteiger partial charge in [0, 0.05) is 24.7 Å². The average molecular weight is 500 g/mol. The van der Waals surface area contributed by atoms with Crippen molar-refractivity contribution in [3.05, 3.63) is 74.9 Å². The van der Waals surface area contributed by atoms with E-state index in [1.165, 1.54) is 55.7 Å². The number of ether oxygens (including phenoxy) is 2. The second-order valence-electron chi connectivity index (χ2n) is 8.92. The summed E-state index contributed by atoms with van der Waals surface area (Å²) in [5.74, 6) is 0.291. The predicted molar refractivity (Wildman–Crippen MR) is 134 cm³/mol. The lowest BCUT2D eigenvalue weighted by Gasteiger charge is -2.22. The molecule has 2 aromatic rings. The first-order chi connectivity index (χ1) is 17.4. The van der Waals surface area contributed by atoms with Gasteiger partial charge in [-0.2, -0.15) is 0 Å². The number of nitroso groups, excluding NO2 is 1. The topological polar surface area (TPSA) is 111 Å². The molecule has 0 N–H and O–H groups in total. The maximum atomic E-state index is 13.7. The molecular weight excluding hydrogens is 469 g/mol. The van der Waals surface area contributed by atoms with Crippen LogP contribution in [0.3, 0.4) is 0 Å². The molecule has 1 aliphatic carbocycles. The van der Waals surface area contributed by atoms with Crippen LogP contribution in [0.15, 0.2) is 53.7 Å². The number of nitrogens with zero attached hydrogens (tertiary/aromatic N) is 3. The van der Waals surface area contributed by atoms with Crippen molar-refractivity contribution in [3.8, 4) is 5.75 Å². The van der Waals surface area contributed by atoms with E-state index in [-0.39, 0.29) is 5.69 Å². The van der Waals surface area contributed by atoms with E-state index in [4.69, 9.17) is 9.47 Å². The fourth-order valence-electron chi connectivity index (χ4n) is 4.13. The first-order valence-electron chi connectivity index (χ1n) is 12.0. The Hall–Kier alpha value is -3.66. The van der Waals surface area contributed by atoms with Crippen molar-refractivity contribution >= 4 is 23.1 Å². The number of likely N-dealkylation sites (N-methyl/N-ethyl adjacent to an activating group) is 1. The van der Waals surface area contributed by atoms with Crippen LogP contribution in [0.4, 0.5) is 20.6 Å². The highest BCUT2D eigenvalue weighted by Crippen LogP contribution is 2.27. The van der Waals surface area contributed by atoms with Crippen LogP contribution in [-0.2, 0) is 4.74 Å². The zero-order chi connectivity index (χ0) is 25.9. The lowest BCUT2D eigenvalue weighted by molar-refractivity contribution is -0.385. The normalized spacial score (nSPS) is 16.2. The minimum Gasteiger partial charge on any atom is -0.434 e. The van der Waals surface area contributed by atoms with E-state index in [1.54, 1.807) is 0 Å². The number of carbonyl (C=O) groups excluding carboxylic acids is 1. The molecule has 0 amide bonds. The van der Waals surface area contributed by atoms with Gasteiger partial charge in [0.15, 0.2) is 0 Å². The van der Waals surface area contributed by atoms with Crippen LogP contribution in [-0.4, -0.2) is 42.7 Å². The molecule has 0 atom stereocenters. The van der Waals surface area contributed by atoms with Crippen LogP contribution < -0.4 is 4.74 Å². The number of halogens is 1. The zero-order valence-corrected chi connectivity index (χ0v) is 20.2. The Balaban J connectivity index is 0.000000202. The number of nitro benzene ring substituents is 1. The van der Waals surface area contributed by atoms with E-state index in [0.29, 0.717) is 29.5 Å². The van der Waals surface area contributed by atoms with Gasteiger partial charge in [0.25, 0.3) is 5.69 Å². The summed E-state index contributed by atoms with van der Waals surface area (Å²) >= 11 is 0. The first-order valence-corrected chi connectivity index (χ1v) is 12.0. The van der Waals surface area contributed by atoms with Crippen molar-refractivity contribution in [2.24, 2.45) is 11.1 Å². The summed E-state index contributed by atoms with van der Waals surface area (Å²) in [4.78, 5) is 33.8. The Labute approximate surface area is 209 Å². The third-order valence-corrected chi connectivity index (χ3v) is 6.23. The van der Waals surface area contributed by atoms with E-state index in [2.05, 4.69) is 10.1 Å². The molecule has 1 heterocycles. The third kappa shape index (κ3) is 8.23. The molecule has 1 fully saturated rings. The Bertz CT molecular complexity index is 1080. The smallest absolute Gasteiger partial charge is 0.434 e. The minimum absolute atomic E-state index is 0.209. The van der Waals surface area contributed by atoms with Crippen molar-refractivity contribution in [3.63, 3.8) is 0 Å². The lowest BCUT2D eigenvalue weighted by atomic mass is 9.90. The Morgan fingerprint density at radius 3 is 2.47 bits per heavy atom. The van der Waals surface area contributed by atoms with Gasteiger partial charge in [-0.15, -0.1) is 4.91 Å². The summed E-state index contributed by atoms with van der Waals surface area (Å²) in [7, 11) is 2.00. The van der Waals surface area contributed by atoms with Gasteiger partial charge in [0.05, 0.1) is 17.6 Å². The van der Waals surface area contributed by atoms with Crippen molar-refractivity contribution < 1.29 is 23.6 Å². The van der Waals surface area contributed by atoms with E-state index in [9.17, 15) is 24.2 Å². The Kier molecular flexibility index (Phi) is 10.1. The second-order valence-corrected chi connectivity index (χ2v) is 8.92. The highest BCUT2D eigenvalue weighted by Gasteiger charge is 2.17. The molecule has 192 valence electrons. The molecule has 4 rings (SSSR count). The first kappa shape index (κ1) is 26.9. The van der Waals surface area contributed by atoms with Gasteiger partial charge >= 0.3 is 6.16 Å². The van der Waals surface area contributed by atoms with Crippen LogP contribution in [0.2, 0.25) is 0 Å². The van der Waals surface area contributed by atoms with Gasteiger partial charge in [0.2, 0.25) is 0 Å². The van der Waals surface area contributed by atoms with Crippen LogP contribution in [0.5, 0.6) is 5.75 Å². The molecule has 2 aliphatic rings. The van der Waals surface area contributed by atoms with Crippen molar-refractivity contribution in [1.82, 2.24) is 4.90 Å². The number of carbonyl (C=O) groups is 1. The van der Waals surface area contributed by atoms with Gasteiger partial charge in [-0.1, -0.05) is 25.3 Å². The Morgan fingerprint density at radius 2 is 1.89 bits per heavy atom. The third-order valence-electron chi connectivity index (χ3n) is 6.23. The van der Waals surface area contributed by atoms with Gasteiger partial charge in [-0.05, 0) is 73.3 Å². The van der Waals surface area contributed by atoms with Gasteiger partial charge in [0.1, 0.15) is 17.3 Å². The largest absolute Gasteiger partial charge is 0.513 e. The summed E-state index contributed by atoms with van der Waals surface area (Å²) in [6.45, 7) is 2.08. The molecule has 0 spiro atoms.